The van der Waals surface area contributed by atoms with Gasteiger partial charge in [0.1, 0.15) is 5.70 Å². The minimum Gasteiger partial charge on any atom is -0.393 e. The molecule has 1 aliphatic rings. The topological polar surface area (TPSA) is 105 Å². The van der Waals surface area contributed by atoms with Crippen molar-refractivity contribution < 1.29 is 14.3 Å². The highest BCUT2D eigenvalue weighted by molar-refractivity contribution is 5.95. The van der Waals surface area contributed by atoms with Crippen LogP contribution >= 0.6 is 0 Å². The number of anilines is 1. The van der Waals surface area contributed by atoms with Gasteiger partial charge in [0.15, 0.2) is 0 Å². The van der Waals surface area contributed by atoms with E-state index in [1.807, 2.05) is 49.4 Å². The normalized spacial score (nSPS) is 13.8. The molecule has 7 heteroatoms. The number of carbonyl (C=O) groups excluding carboxylic acids is 2. The SMILES string of the molecule is CCNC(=O)c1ccc(N/C(CCCOCc2ccccc2)=C(\N)C(=O)NC2CC2)cc1. The summed E-state index contributed by atoms with van der Waals surface area (Å²) in [4.78, 5) is 24.5. The lowest BCUT2D eigenvalue weighted by Gasteiger charge is -2.15. The lowest BCUT2D eigenvalue weighted by atomic mass is 10.1. The molecule has 32 heavy (non-hydrogen) atoms. The molecule has 0 unspecified atom stereocenters. The van der Waals surface area contributed by atoms with Crippen LogP contribution in [0.15, 0.2) is 66.0 Å². The van der Waals surface area contributed by atoms with E-state index in [0.717, 1.165) is 24.1 Å². The van der Waals surface area contributed by atoms with Crippen LogP contribution in [0.4, 0.5) is 5.69 Å². The summed E-state index contributed by atoms with van der Waals surface area (Å²) >= 11 is 0. The monoisotopic (exact) mass is 436 g/mol. The molecular formula is C25H32N4O3. The molecule has 2 aromatic carbocycles. The summed E-state index contributed by atoms with van der Waals surface area (Å²) in [5.74, 6) is -0.368. The number of hydrogen-bond donors (Lipinski definition) is 4. The van der Waals surface area contributed by atoms with Crippen molar-refractivity contribution in [1.29, 1.82) is 0 Å². The predicted octanol–water partition coefficient (Wildman–Crippen LogP) is 3.29. The summed E-state index contributed by atoms with van der Waals surface area (Å²) < 4.78 is 5.76. The van der Waals surface area contributed by atoms with Crippen molar-refractivity contribution in [2.45, 2.75) is 45.3 Å². The van der Waals surface area contributed by atoms with E-state index in [1.165, 1.54) is 0 Å². The Labute approximate surface area is 189 Å². The highest BCUT2D eigenvalue weighted by atomic mass is 16.5. The average molecular weight is 437 g/mol. The van der Waals surface area contributed by atoms with Crippen LogP contribution in [0.1, 0.15) is 48.5 Å². The van der Waals surface area contributed by atoms with Gasteiger partial charge in [-0.2, -0.15) is 0 Å². The molecular weight excluding hydrogens is 404 g/mol. The fourth-order valence-corrected chi connectivity index (χ4v) is 3.15. The third-order valence-corrected chi connectivity index (χ3v) is 5.09. The first-order valence-electron chi connectivity index (χ1n) is 11.1. The maximum absolute atomic E-state index is 12.5. The van der Waals surface area contributed by atoms with E-state index in [-0.39, 0.29) is 23.6 Å². The molecule has 170 valence electrons. The Morgan fingerprint density at radius 1 is 1.06 bits per heavy atom. The van der Waals surface area contributed by atoms with E-state index < -0.39 is 0 Å². The molecule has 0 bridgehead atoms. The zero-order chi connectivity index (χ0) is 22.8. The lowest BCUT2D eigenvalue weighted by Crippen LogP contribution is -2.32. The van der Waals surface area contributed by atoms with Crippen LogP contribution in [0.2, 0.25) is 0 Å². The van der Waals surface area contributed by atoms with Crippen LogP contribution < -0.4 is 21.7 Å². The van der Waals surface area contributed by atoms with E-state index in [9.17, 15) is 9.59 Å². The van der Waals surface area contributed by atoms with Gasteiger partial charge in [-0.1, -0.05) is 30.3 Å². The largest absolute Gasteiger partial charge is 0.393 e. The molecule has 3 rings (SSSR count). The molecule has 1 fully saturated rings. The van der Waals surface area contributed by atoms with Gasteiger partial charge >= 0.3 is 0 Å². The summed E-state index contributed by atoms with van der Waals surface area (Å²) in [6.07, 6.45) is 3.27. The van der Waals surface area contributed by atoms with E-state index in [0.29, 0.717) is 43.9 Å². The summed E-state index contributed by atoms with van der Waals surface area (Å²) in [6.45, 7) is 3.55. The summed E-state index contributed by atoms with van der Waals surface area (Å²) in [5.41, 5.74) is 9.51. The minimum atomic E-state index is -0.251. The van der Waals surface area contributed by atoms with E-state index >= 15 is 0 Å². The Kier molecular flexibility index (Phi) is 8.69. The first-order chi connectivity index (χ1) is 15.6. The van der Waals surface area contributed by atoms with Gasteiger partial charge in [-0.3, -0.25) is 9.59 Å². The second-order valence-corrected chi connectivity index (χ2v) is 7.84. The van der Waals surface area contributed by atoms with Crippen molar-refractivity contribution in [3.8, 4) is 0 Å². The number of hydrogen-bond acceptors (Lipinski definition) is 5. The number of nitrogens with two attached hydrogens (primary N) is 1. The molecule has 0 radical (unpaired) electrons. The Morgan fingerprint density at radius 3 is 2.44 bits per heavy atom. The number of amides is 2. The van der Waals surface area contributed by atoms with Gasteiger partial charge in [0.25, 0.3) is 11.8 Å². The van der Waals surface area contributed by atoms with Gasteiger partial charge in [-0.05, 0) is 62.4 Å². The molecule has 1 aliphatic carbocycles. The van der Waals surface area contributed by atoms with Gasteiger partial charge in [0.2, 0.25) is 0 Å². The Hall–Kier alpha value is -3.32. The highest BCUT2D eigenvalue weighted by Gasteiger charge is 2.25. The minimum absolute atomic E-state index is 0.117. The molecule has 1 saturated carbocycles. The van der Waals surface area contributed by atoms with Gasteiger partial charge in [-0.25, -0.2) is 0 Å². The first-order valence-corrected chi connectivity index (χ1v) is 11.1. The van der Waals surface area contributed by atoms with Crippen molar-refractivity contribution in [2.75, 3.05) is 18.5 Å². The van der Waals surface area contributed by atoms with E-state index in [4.69, 9.17) is 10.5 Å². The van der Waals surface area contributed by atoms with Crippen molar-refractivity contribution in [3.63, 3.8) is 0 Å². The predicted molar refractivity (Wildman–Crippen MR) is 126 cm³/mol. The number of carbonyl (C=O) groups is 2. The molecule has 7 nitrogen and oxygen atoms in total. The Balaban J connectivity index is 1.60. The summed E-state index contributed by atoms with van der Waals surface area (Å²) in [7, 11) is 0. The van der Waals surface area contributed by atoms with Crippen LogP contribution in [-0.2, 0) is 16.1 Å². The zero-order valence-electron chi connectivity index (χ0n) is 18.5. The van der Waals surface area contributed by atoms with Crippen LogP contribution in [0.25, 0.3) is 0 Å². The molecule has 0 heterocycles. The number of allylic oxidation sites excluding steroid dienone is 1. The van der Waals surface area contributed by atoms with Crippen molar-refractivity contribution >= 4 is 17.5 Å². The van der Waals surface area contributed by atoms with Gasteiger partial charge < -0.3 is 26.4 Å². The molecule has 0 aromatic heterocycles. The highest BCUT2D eigenvalue weighted by Crippen LogP contribution is 2.20. The van der Waals surface area contributed by atoms with Gasteiger partial charge in [0.05, 0.1) is 6.61 Å². The second-order valence-electron chi connectivity index (χ2n) is 7.84. The zero-order valence-corrected chi connectivity index (χ0v) is 18.5. The van der Waals surface area contributed by atoms with Crippen LogP contribution in [0.3, 0.4) is 0 Å². The van der Waals surface area contributed by atoms with E-state index in [1.54, 1.807) is 12.1 Å². The van der Waals surface area contributed by atoms with Crippen molar-refractivity contribution in [2.24, 2.45) is 5.73 Å². The fourth-order valence-electron chi connectivity index (χ4n) is 3.15. The Morgan fingerprint density at radius 2 is 1.78 bits per heavy atom. The summed E-state index contributed by atoms with van der Waals surface area (Å²) in [5, 5.41) is 8.98. The van der Waals surface area contributed by atoms with Gasteiger partial charge in [0, 0.05) is 36.1 Å². The maximum atomic E-state index is 12.5. The summed E-state index contributed by atoms with van der Waals surface area (Å²) in [6, 6.07) is 17.3. The second kappa shape index (κ2) is 11.9. The average Bonchev–Trinajstić information content (AvgIpc) is 3.63. The molecule has 0 spiro atoms. The standard InChI is InChI=1S/C25H32N4O3/c1-2-27-24(30)19-10-12-20(13-11-19)28-22(23(26)25(31)29-21-14-15-21)9-6-16-32-17-18-7-4-3-5-8-18/h3-5,7-8,10-13,21,28H,2,6,9,14-17,26H2,1H3,(H,27,30)(H,29,31)/b23-22-. The molecule has 0 atom stereocenters. The number of benzene rings is 2. The van der Waals surface area contributed by atoms with Crippen LogP contribution in [0.5, 0.6) is 0 Å². The quantitative estimate of drug-likeness (QED) is 0.302. The van der Waals surface area contributed by atoms with Gasteiger partial charge in [-0.15, -0.1) is 0 Å². The third-order valence-electron chi connectivity index (χ3n) is 5.09. The number of nitrogens with one attached hydrogen (secondary N) is 3. The smallest absolute Gasteiger partial charge is 0.269 e. The van der Waals surface area contributed by atoms with Crippen molar-refractivity contribution in [1.82, 2.24) is 10.6 Å². The van der Waals surface area contributed by atoms with E-state index in [2.05, 4.69) is 16.0 Å². The first kappa shape index (κ1) is 23.3. The number of rotatable bonds is 12. The molecule has 5 N–H and O–H groups in total. The fraction of sp³-hybridized carbons (Fsp3) is 0.360. The third kappa shape index (κ3) is 7.42. The molecule has 0 saturated heterocycles. The van der Waals surface area contributed by atoms with Crippen LogP contribution in [0, 0.1) is 0 Å². The Bertz CT molecular complexity index is 922. The van der Waals surface area contributed by atoms with Crippen molar-refractivity contribution in [3.05, 3.63) is 77.1 Å². The molecule has 2 amide bonds. The van der Waals surface area contributed by atoms with Crippen LogP contribution in [-0.4, -0.2) is 31.0 Å². The molecule has 0 aliphatic heterocycles. The maximum Gasteiger partial charge on any atom is 0.269 e. The lowest BCUT2D eigenvalue weighted by molar-refractivity contribution is -0.117. The number of ether oxygens (including phenoxy) is 1. The molecule has 2 aromatic rings.